The molecule has 1 N–H and O–H groups in total. The lowest BCUT2D eigenvalue weighted by Gasteiger charge is -2.06. The quantitative estimate of drug-likeness (QED) is 0.607. The molecule has 0 aliphatic carbocycles. The Hall–Kier alpha value is -1.39. The van der Waals surface area contributed by atoms with E-state index in [4.69, 9.17) is 5.11 Å². The zero-order valence-electron chi connectivity index (χ0n) is 11.9. The molecule has 5 heteroatoms. The van der Waals surface area contributed by atoms with Crippen molar-refractivity contribution in [2.24, 2.45) is 11.8 Å². The van der Waals surface area contributed by atoms with Crippen molar-refractivity contribution in [3.05, 3.63) is 0 Å². The highest BCUT2D eigenvalue weighted by Crippen LogP contribution is 2.04. The van der Waals surface area contributed by atoms with Gasteiger partial charge in [0.2, 0.25) is 0 Å². The minimum absolute atomic E-state index is 0.175. The van der Waals surface area contributed by atoms with Crippen LogP contribution in [0.4, 0.5) is 0 Å². The number of rotatable bonds is 5. The van der Waals surface area contributed by atoms with Gasteiger partial charge in [-0.05, 0) is 12.8 Å². The van der Waals surface area contributed by atoms with Crippen LogP contribution in [0.25, 0.3) is 0 Å². The fourth-order valence-electron chi connectivity index (χ4n) is 0.635. The Morgan fingerprint density at radius 3 is 1.83 bits per heavy atom. The first-order valence-corrected chi connectivity index (χ1v) is 6.23. The number of carbonyl (C=O) groups excluding carboxylic acids is 2. The Balaban J connectivity index is 0. The third kappa shape index (κ3) is 11.1. The van der Waals surface area contributed by atoms with Crippen molar-refractivity contribution in [3.63, 3.8) is 0 Å². The molecule has 0 bridgehead atoms. The molecular formula is C13H24O5. The molecule has 0 aliphatic heterocycles. The van der Waals surface area contributed by atoms with E-state index in [0.29, 0.717) is 19.3 Å². The highest BCUT2D eigenvalue weighted by molar-refractivity contribution is 5.86. The van der Waals surface area contributed by atoms with E-state index in [0.717, 1.165) is 0 Å². The number of aliphatic carboxylic acids is 1. The molecule has 1 atom stereocenters. The third-order valence-corrected chi connectivity index (χ3v) is 2.18. The van der Waals surface area contributed by atoms with Crippen molar-refractivity contribution in [2.45, 2.75) is 53.9 Å². The molecule has 0 amide bonds. The lowest BCUT2D eigenvalue weighted by molar-refractivity contribution is -0.162. The minimum Gasteiger partial charge on any atom is -0.481 e. The van der Waals surface area contributed by atoms with Crippen LogP contribution >= 0.6 is 0 Å². The molecule has 0 aromatic heterocycles. The second-order valence-corrected chi connectivity index (χ2v) is 4.35. The van der Waals surface area contributed by atoms with Crippen LogP contribution in [0, 0.1) is 11.8 Å². The summed E-state index contributed by atoms with van der Waals surface area (Å²) in [5.41, 5.74) is 0. The van der Waals surface area contributed by atoms with Gasteiger partial charge in [-0.15, -0.1) is 0 Å². The second-order valence-electron chi connectivity index (χ2n) is 4.35. The topological polar surface area (TPSA) is 80.7 Å². The molecule has 18 heavy (non-hydrogen) atoms. The van der Waals surface area contributed by atoms with Crippen molar-refractivity contribution >= 4 is 17.9 Å². The Morgan fingerprint density at radius 2 is 1.56 bits per heavy atom. The van der Waals surface area contributed by atoms with Crippen LogP contribution in [0.2, 0.25) is 0 Å². The second kappa shape index (κ2) is 10.7. The number of esters is 2. The van der Waals surface area contributed by atoms with Gasteiger partial charge in [-0.1, -0.05) is 34.6 Å². The molecule has 0 aromatic carbocycles. The standard InChI is InChI=1S/C9H16O3.C4H8O2/c1-4-6-8(10)12-9(11)7(3)5-2;1-3(2)4(5)6/h7H,4-6H2,1-3H3;3H,1-2H3,(H,5,6). The summed E-state index contributed by atoms with van der Waals surface area (Å²) in [5.74, 6) is -1.97. The first kappa shape index (κ1) is 19.0. The van der Waals surface area contributed by atoms with E-state index in [2.05, 4.69) is 4.74 Å². The third-order valence-electron chi connectivity index (χ3n) is 2.18. The van der Waals surface area contributed by atoms with E-state index in [1.54, 1.807) is 20.8 Å². The zero-order valence-corrected chi connectivity index (χ0v) is 11.9. The van der Waals surface area contributed by atoms with Crippen molar-refractivity contribution in [1.29, 1.82) is 0 Å². The number of carboxylic acid groups (broad SMARTS) is 1. The number of ether oxygens (including phenoxy) is 1. The summed E-state index contributed by atoms with van der Waals surface area (Å²) >= 11 is 0. The van der Waals surface area contributed by atoms with Crippen LogP contribution in [0.15, 0.2) is 0 Å². The molecule has 0 fully saturated rings. The molecule has 0 aliphatic rings. The van der Waals surface area contributed by atoms with E-state index >= 15 is 0 Å². The van der Waals surface area contributed by atoms with Gasteiger partial charge >= 0.3 is 17.9 Å². The SMILES string of the molecule is CC(C)C(=O)O.CCCC(=O)OC(=O)C(C)CC. The molecule has 0 saturated carbocycles. The molecule has 0 rings (SSSR count). The van der Waals surface area contributed by atoms with Gasteiger partial charge in [0.25, 0.3) is 0 Å². The van der Waals surface area contributed by atoms with Crippen LogP contribution in [0.3, 0.4) is 0 Å². The van der Waals surface area contributed by atoms with Crippen LogP contribution < -0.4 is 0 Å². The zero-order chi connectivity index (χ0) is 14.7. The fourth-order valence-corrected chi connectivity index (χ4v) is 0.635. The lowest BCUT2D eigenvalue weighted by Crippen LogP contribution is -2.18. The smallest absolute Gasteiger partial charge is 0.316 e. The largest absolute Gasteiger partial charge is 0.481 e. The van der Waals surface area contributed by atoms with Gasteiger partial charge in [-0.25, -0.2) is 0 Å². The maximum Gasteiger partial charge on any atom is 0.316 e. The predicted octanol–water partition coefficient (Wildman–Crippen LogP) is 2.63. The van der Waals surface area contributed by atoms with E-state index in [-0.39, 0.29) is 11.8 Å². The average Bonchev–Trinajstić information content (AvgIpc) is 2.28. The monoisotopic (exact) mass is 260 g/mol. The Morgan fingerprint density at radius 1 is 1.11 bits per heavy atom. The summed E-state index contributed by atoms with van der Waals surface area (Å²) in [4.78, 5) is 31.5. The first-order valence-electron chi connectivity index (χ1n) is 6.23. The number of hydrogen-bond donors (Lipinski definition) is 1. The van der Waals surface area contributed by atoms with E-state index in [1.807, 2.05) is 13.8 Å². The maximum absolute atomic E-state index is 11.0. The first-order chi connectivity index (χ1) is 8.26. The van der Waals surface area contributed by atoms with Gasteiger partial charge in [0, 0.05) is 6.42 Å². The van der Waals surface area contributed by atoms with Gasteiger partial charge in [0.1, 0.15) is 0 Å². The van der Waals surface area contributed by atoms with E-state index in [1.165, 1.54) is 0 Å². The van der Waals surface area contributed by atoms with Crippen molar-refractivity contribution in [2.75, 3.05) is 0 Å². The Kier molecular flexibility index (Phi) is 11.3. The van der Waals surface area contributed by atoms with Gasteiger partial charge in [0.15, 0.2) is 0 Å². The van der Waals surface area contributed by atoms with Gasteiger partial charge < -0.3 is 9.84 Å². The number of hydrogen-bond acceptors (Lipinski definition) is 4. The molecule has 0 heterocycles. The number of carboxylic acids is 1. The van der Waals surface area contributed by atoms with Crippen LogP contribution in [0.5, 0.6) is 0 Å². The summed E-state index contributed by atoms with van der Waals surface area (Å²) in [6, 6.07) is 0. The van der Waals surface area contributed by atoms with Crippen molar-refractivity contribution < 1.29 is 24.2 Å². The summed E-state index contributed by atoms with van der Waals surface area (Å²) < 4.78 is 4.57. The summed E-state index contributed by atoms with van der Waals surface area (Å²) in [6.07, 6.45) is 1.74. The van der Waals surface area contributed by atoms with Crippen molar-refractivity contribution in [1.82, 2.24) is 0 Å². The highest BCUT2D eigenvalue weighted by atomic mass is 16.6. The Bertz CT molecular complexity index is 271. The van der Waals surface area contributed by atoms with Crippen LogP contribution in [-0.2, 0) is 19.1 Å². The van der Waals surface area contributed by atoms with Gasteiger partial charge in [-0.3, -0.25) is 14.4 Å². The van der Waals surface area contributed by atoms with Gasteiger partial charge in [0.05, 0.1) is 11.8 Å². The summed E-state index contributed by atoms with van der Waals surface area (Å²) in [6.45, 7) is 8.79. The normalized spacial score (nSPS) is 11.2. The molecule has 0 aromatic rings. The van der Waals surface area contributed by atoms with Crippen molar-refractivity contribution in [3.8, 4) is 0 Å². The minimum atomic E-state index is -0.741. The maximum atomic E-state index is 11.0. The summed E-state index contributed by atoms with van der Waals surface area (Å²) in [5, 5.41) is 7.99. The molecule has 106 valence electrons. The molecular weight excluding hydrogens is 236 g/mol. The van der Waals surface area contributed by atoms with Gasteiger partial charge in [-0.2, -0.15) is 0 Å². The molecule has 0 radical (unpaired) electrons. The number of carbonyl (C=O) groups is 3. The predicted molar refractivity (Wildman–Crippen MR) is 67.9 cm³/mol. The lowest BCUT2D eigenvalue weighted by atomic mass is 10.1. The molecule has 0 saturated heterocycles. The van der Waals surface area contributed by atoms with E-state index < -0.39 is 17.9 Å². The highest BCUT2D eigenvalue weighted by Gasteiger charge is 2.15. The van der Waals surface area contributed by atoms with Crippen LogP contribution in [0.1, 0.15) is 53.9 Å². The Labute approximate surface area is 109 Å². The van der Waals surface area contributed by atoms with E-state index in [9.17, 15) is 14.4 Å². The summed E-state index contributed by atoms with van der Waals surface area (Å²) in [7, 11) is 0. The fraction of sp³-hybridized carbons (Fsp3) is 0.769. The van der Waals surface area contributed by atoms with Crippen LogP contribution in [-0.4, -0.2) is 23.0 Å². The average molecular weight is 260 g/mol. The molecule has 5 nitrogen and oxygen atoms in total. The molecule has 0 spiro atoms. The molecule has 1 unspecified atom stereocenters.